The van der Waals surface area contributed by atoms with Crippen LogP contribution in [0.15, 0.2) is 22.9 Å². The standard InChI is InChI=1S/C10H8ClN3O2/c1-6(15)4-9-13-10(14-16-9)8-3-2-7(11)5-12-8/h2-3,5H,4H2,1H3. The summed E-state index contributed by atoms with van der Waals surface area (Å²) in [5.41, 5.74) is 0.558. The number of hydrogen-bond donors (Lipinski definition) is 0. The molecule has 2 heterocycles. The van der Waals surface area contributed by atoms with E-state index in [0.717, 1.165) is 0 Å². The van der Waals surface area contributed by atoms with Crippen molar-refractivity contribution in [1.82, 2.24) is 15.1 Å². The summed E-state index contributed by atoms with van der Waals surface area (Å²) < 4.78 is 4.91. The van der Waals surface area contributed by atoms with Crippen molar-refractivity contribution in [2.75, 3.05) is 0 Å². The summed E-state index contributed by atoms with van der Waals surface area (Å²) in [6.07, 6.45) is 1.64. The van der Waals surface area contributed by atoms with E-state index in [1.807, 2.05) is 0 Å². The van der Waals surface area contributed by atoms with Crippen LogP contribution in [0.5, 0.6) is 0 Å². The number of pyridine rings is 1. The van der Waals surface area contributed by atoms with Crippen molar-refractivity contribution in [2.45, 2.75) is 13.3 Å². The van der Waals surface area contributed by atoms with E-state index in [-0.39, 0.29) is 12.2 Å². The van der Waals surface area contributed by atoms with E-state index < -0.39 is 0 Å². The van der Waals surface area contributed by atoms with Crippen molar-refractivity contribution in [2.24, 2.45) is 0 Å². The first kappa shape index (κ1) is 10.8. The number of halogens is 1. The number of Topliss-reactive ketones (excluding diaryl/α,β-unsaturated/α-hetero) is 1. The Morgan fingerprint density at radius 2 is 2.31 bits per heavy atom. The number of hydrogen-bond acceptors (Lipinski definition) is 5. The molecular formula is C10H8ClN3O2. The molecule has 0 amide bonds. The van der Waals surface area contributed by atoms with Crippen molar-refractivity contribution in [3.05, 3.63) is 29.2 Å². The summed E-state index contributed by atoms with van der Waals surface area (Å²) in [5.74, 6) is 0.617. The van der Waals surface area contributed by atoms with Crippen LogP contribution in [0.4, 0.5) is 0 Å². The molecule has 0 unspecified atom stereocenters. The molecule has 0 aliphatic heterocycles. The summed E-state index contributed by atoms with van der Waals surface area (Å²) in [4.78, 5) is 18.9. The Bertz CT molecular complexity index is 507. The van der Waals surface area contributed by atoms with Crippen LogP contribution in [-0.4, -0.2) is 20.9 Å². The quantitative estimate of drug-likeness (QED) is 0.816. The van der Waals surface area contributed by atoms with E-state index in [2.05, 4.69) is 15.1 Å². The predicted molar refractivity (Wildman–Crippen MR) is 56.9 cm³/mol. The first-order chi connectivity index (χ1) is 7.65. The van der Waals surface area contributed by atoms with Crippen LogP contribution in [-0.2, 0) is 11.2 Å². The minimum atomic E-state index is -0.0285. The van der Waals surface area contributed by atoms with Crippen molar-refractivity contribution in [3.8, 4) is 11.5 Å². The number of carbonyl (C=O) groups excluding carboxylic acids is 1. The van der Waals surface area contributed by atoms with Gasteiger partial charge in [-0.3, -0.25) is 9.78 Å². The highest BCUT2D eigenvalue weighted by Crippen LogP contribution is 2.15. The van der Waals surface area contributed by atoms with Crippen LogP contribution >= 0.6 is 11.6 Å². The number of rotatable bonds is 3. The molecule has 0 N–H and O–H groups in total. The van der Waals surface area contributed by atoms with E-state index in [9.17, 15) is 4.79 Å². The first-order valence-electron chi connectivity index (χ1n) is 4.59. The zero-order valence-electron chi connectivity index (χ0n) is 8.48. The molecule has 0 saturated carbocycles. The van der Waals surface area contributed by atoms with Gasteiger partial charge in [-0.15, -0.1) is 0 Å². The van der Waals surface area contributed by atoms with E-state index in [4.69, 9.17) is 16.1 Å². The monoisotopic (exact) mass is 237 g/mol. The molecule has 0 saturated heterocycles. The summed E-state index contributed by atoms with van der Waals surface area (Å²) in [6, 6.07) is 3.37. The van der Waals surface area contributed by atoms with Gasteiger partial charge < -0.3 is 4.52 Å². The lowest BCUT2D eigenvalue weighted by molar-refractivity contribution is -0.116. The van der Waals surface area contributed by atoms with Crippen LogP contribution in [0.2, 0.25) is 5.02 Å². The molecule has 82 valence electrons. The third-order valence-corrected chi connectivity index (χ3v) is 2.05. The molecule has 0 aliphatic rings. The van der Waals surface area contributed by atoms with E-state index in [0.29, 0.717) is 22.4 Å². The molecule has 0 bridgehead atoms. The van der Waals surface area contributed by atoms with Gasteiger partial charge in [-0.2, -0.15) is 4.98 Å². The zero-order chi connectivity index (χ0) is 11.5. The van der Waals surface area contributed by atoms with Gasteiger partial charge in [-0.05, 0) is 19.1 Å². The van der Waals surface area contributed by atoms with Gasteiger partial charge in [0.15, 0.2) is 0 Å². The van der Waals surface area contributed by atoms with Gasteiger partial charge in [-0.25, -0.2) is 0 Å². The Morgan fingerprint density at radius 3 is 2.94 bits per heavy atom. The van der Waals surface area contributed by atoms with Gasteiger partial charge in [0, 0.05) is 6.20 Å². The van der Waals surface area contributed by atoms with Gasteiger partial charge >= 0.3 is 0 Å². The minimum absolute atomic E-state index is 0.0285. The SMILES string of the molecule is CC(=O)Cc1nc(-c2ccc(Cl)cn2)no1. The fourth-order valence-electron chi connectivity index (χ4n) is 1.15. The van der Waals surface area contributed by atoms with Gasteiger partial charge in [0.25, 0.3) is 0 Å². The number of aromatic nitrogens is 3. The molecule has 5 nitrogen and oxygen atoms in total. The molecule has 2 aromatic rings. The number of carbonyl (C=O) groups is 1. The Balaban J connectivity index is 2.24. The Kier molecular flexibility index (Phi) is 2.96. The molecule has 2 rings (SSSR count). The Labute approximate surface area is 96.5 Å². The fraction of sp³-hybridized carbons (Fsp3) is 0.200. The Hall–Kier alpha value is -1.75. The highest BCUT2D eigenvalue weighted by molar-refractivity contribution is 6.30. The molecule has 0 atom stereocenters. The normalized spacial score (nSPS) is 10.4. The van der Waals surface area contributed by atoms with E-state index >= 15 is 0 Å². The maximum Gasteiger partial charge on any atom is 0.234 e. The van der Waals surface area contributed by atoms with Crippen molar-refractivity contribution in [3.63, 3.8) is 0 Å². The lowest BCUT2D eigenvalue weighted by Crippen LogP contribution is -1.96. The second kappa shape index (κ2) is 4.40. The second-order valence-electron chi connectivity index (χ2n) is 3.25. The van der Waals surface area contributed by atoms with Crippen molar-refractivity contribution < 1.29 is 9.32 Å². The van der Waals surface area contributed by atoms with Crippen LogP contribution in [0.1, 0.15) is 12.8 Å². The van der Waals surface area contributed by atoms with E-state index in [1.165, 1.54) is 13.1 Å². The van der Waals surface area contributed by atoms with E-state index in [1.54, 1.807) is 12.1 Å². The van der Waals surface area contributed by atoms with Crippen LogP contribution in [0.3, 0.4) is 0 Å². The fourth-order valence-corrected chi connectivity index (χ4v) is 1.26. The Morgan fingerprint density at radius 1 is 1.50 bits per heavy atom. The molecule has 16 heavy (non-hydrogen) atoms. The molecule has 2 aromatic heterocycles. The van der Waals surface area contributed by atoms with Gasteiger partial charge in [0.1, 0.15) is 11.5 Å². The van der Waals surface area contributed by atoms with Crippen LogP contribution < -0.4 is 0 Å². The maximum atomic E-state index is 10.8. The average molecular weight is 238 g/mol. The van der Waals surface area contributed by atoms with Gasteiger partial charge in [0.2, 0.25) is 11.7 Å². The predicted octanol–water partition coefficient (Wildman–Crippen LogP) is 1.92. The third-order valence-electron chi connectivity index (χ3n) is 1.82. The lowest BCUT2D eigenvalue weighted by Gasteiger charge is -1.92. The van der Waals surface area contributed by atoms with Gasteiger partial charge in [0.05, 0.1) is 11.4 Å². The zero-order valence-corrected chi connectivity index (χ0v) is 9.23. The summed E-state index contributed by atoms with van der Waals surface area (Å²) in [7, 11) is 0. The van der Waals surface area contributed by atoms with Crippen molar-refractivity contribution in [1.29, 1.82) is 0 Å². The van der Waals surface area contributed by atoms with Gasteiger partial charge in [-0.1, -0.05) is 16.8 Å². The molecule has 0 radical (unpaired) electrons. The molecule has 0 aromatic carbocycles. The molecular weight excluding hydrogens is 230 g/mol. The third kappa shape index (κ3) is 2.43. The number of ketones is 1. The minimum Gasteiger partial charge on any atom is -0.338 e. The molecule has 0 spiro atoms. The highest BCUT2D eigenvalue weighted by Gasteiger charge is 2.10. The summed E-state index contributed by atoms with van der Waals surface area (Å²) in [6.45, 7) is 1.46. The smallest absolute Gasteiger partial charge is 0.234 e. The average Bonchev–Trinajstić information content (AvgIpc) is 2.66. The second-order valence-corrected chi connectivity index (χ2v) is 3.69. The molecule has 0 aliphatic carbocycles. The largest absolute Gasteiger partial charge is 0.338 e. The first-order valence-corrected chi connectivity index (χ1v) is 4.97. The summed E-state index contributed by atoms with van der Waals surface area (Å²) >= 11 is 5.70. The highest BCUT2D eigenvalue weighted by atomic mass is 35.5. The van der Waals surface area contributed by atoms with Crippen LogP contribution in [0, 0.1) is 0 Å². The number of nitrogens with zero attached hydrogens (tertiary/aromatic N) is 3. The molecule has 6 heteroatoms. The molecule has 0 fully saturated rings. The van der Waals surface area contributed by atoms with Crippen molar-refractivity contribution >= 4 is 17.4 Å². The van der Waals surface area contributed by atoms with Crippen LogP contribution in [0.25, 0.3) is 11.5 Å². The summed E-state index contributed by atoms with van der Waals surface area (Å²) in [5, 5.41) is 4.26. The maximum absolute atomic E-state index is 10.8. The topological polar surface area (TPSA) is 68.9 Å². The lowest BCUT2D eigenvalue weighted by atomic mass is 10.3.